The van der Waals surface area contributed by atoms with Crippen LogP contribution in [0.4, 0.5) is 0 Å². The minimum absolute atomic E-state index is 0. The summed E-state index contributed by atoms with van der Waals surface area (Å²) < 4.78 is 10.0. The van der Waals surface area contributed by atoms with E-state index in [2.05, 4.69) is 0 Å². The maximum atomic E-state index is 5.01. The summed E-state index contributed by atoms with van der Waals surface area (Å²) in [7, 11) is 3.25. The molecular formula is C8H11NaO2. The molecule has 0 N–H and O–H groups in total. The van der Waals surface area contributed by atoms with Crippen molar-refractivity contribution in [1.82, 2.24) is 0 Å². The van der Waals surface area contributed by atoms with Gasteiger partial charge in [0.2, 0.25) is 0 Å². The standard InChI is InChI=1S/C8H10O2.Na.H/c1-9-7-5-3-4-6-8(7)10-2;;/h3-6H,1-2H3;;/q;+1;-1. The molecule has 0 aromatic heterocycles. The number of rotatable bonds is 2. The third-order valence-electron chi connectivity index (χ3n) is 1.29. The van der Waals surface area contributed by atoms with Gasteiger partial charge in [0.1, 0.15) is 0 Å². The van der Waals surface area contributed by atoms with Gasteiger partial charge in [-0.3, -0.25) is 0 Å². The van der Waals surface area contributed by atoms with Crippen molar-refractivity contribution in [1.29, 1.82) is 0 Å². The fourth-order valence-corrected chi connectivity index (χ4v) is 0.787. The molecule has 0 fully saturated rings. The number of ether oxygens (including phenoxy) is 2. The van der Waals surface area contributed by atoms with Crippen LogP contribution >= 0.6 is 0 Å². The van der Waals surface area contributed by atoms with Crippen molar-refractivity contribution in [3.63, 3.8) is 0 Å². The van der Waals surface area contributed by atoms with Gasteiger partial charge < -0.3 is 10.9 Å². The second kappa shape index (κ2) is 5.47. The van der Waals surface area contributed by atoms with Crippen LogP contribution in [0.3, 0.4) is 0 Å². The summed E-state index contributed by atoms with van der Waals surface area (Å²) in [5.41, 5.74) is 0. The number of methoxy groups -OCH3 is 2. The van der Waals surface area contributed by atoms with Gasteiger partial charge in [0, 0.05) is 0 Å². The molecule has 0 heterocycles. The average Bonchev–Trinajstić information content (AvgIpc) is 2.04. The second-order valence-corrected chi connectivity index (χ2v) is 1.85. The van der Waals surface area contributed by atoms with Crippen LogP contribution in [0.15, 0.2) is 24.3 Å². The zero-order valence-electron chi connectivity index (χ0n) is 8.13. The van der Waals surface area contributed by atoms with Crippen LogP contribution in [-0.2, 0) is 0 Å². The number of para-hydroxylation sites is 2. The summed E-state index contributed by atoms with van der Waals surface area (Å²) in [6.45, 7) is 0. The topological polar surface area (TPSA) is 18.5 Å². The van der Waals surface area contributed by atoms with Crippen molar-refractivity contribution in [3.05, 3.63) is 24.3 Å². The van der Waals surface area contributed by atoms with E-state index in [1.54, 1.807) is 14.2 Å². The molecule has 1 aromatic rings. The maximum absolute atomic E-state index is 5.01. The van der Waals surface area contributed by atoms with Gasteiger partial charge in [-0.25, -0.2) is 0 Å². The van der Waals surface area contributed by atoms with E-state index in [1.165, 1.54) is 0 Å². The quantitative estimate of drug-likeness (QED) is 0.510. The molecule has 0 bridgehead atoms. The molecule has 0 atom stereocenters. The van der Waals surface area contributed by atoms with Gasteiger partial charge in [-0.15, -0.1) is 0 Å². The van der Waals surface area contributed by atoms with Gasteiger partial charge in [0.05, 0.1) is 14.2 Å². The Kier molecular flexibility index (Phi) is 5.38. The SMILES string of the molecule is COc1ccccc1OC.[H-].[Na+]. The van der Waals surface area contributed by atoms with Crippen LogP contribution < -0.4 is 39.0 Å². The molecule has 3 heteroatoms. The van der Waals surface area contributed by atoms with Crippen LogP contribution in [0.2, 0.25) is 0 Å². The monoisotopic (exact) mass is 162 g/mol. The Morgan fingerprint density at radius 1 is 1.00 bits per heavy atom. The molecule has 11 heavy (non-hydrogen) atoms. The van der Waals surface area contributed by atoms with Crippen molar-refractivity contribution in [2.24, 2.45) is 0 Å². The Bertz CT molecular complexity index is 195. The van der Waals surface area contributed by atoms with E-state index in [9.17, 15) is 0 Å². The Balaban J connectivity index is 0. The van der Waals surface area contributed by atoms with Crippen LogP contribution in [0.25, 0.3) is 0 Å². The van der Waals surface area contributed by atoms with Crippen LogP contribution in [0.1, 0.15) is 1.43 Å². The van der Waals surface area contributed by atoms with Crippen molar-refractivity contribution in [2.75, 3.05) is 14.2 Å². The summed E-state index contributed by atoms with van der Waals surface area (Å²) in [5.74, 6) is 1.54. The van der Waals surface area contributed by atoms with Crippen LogP contribution in [-0.4, -0.2) is 14.2 Å². The summed E-state index contributed by atoms with van der Waals surface area (Å²) >= 11 is 0. The zero-order valence-corrected chi connectivity index (χ0v) is 9.13. The molecule has 0 amide bonds. The molecule has 0 radical (unpaired) electrons. The molecule has 56 valence electrons. The largest absolute Gasteiger partial charge is 1.00 e. The first kappa shape index (κ1) is 10.8. The van der Waals surface area contributed by atoms with Crippen molar-refractivity contribution in [3.8, 4) is 11.5 Å². The fraction of sp³-hybridized carbons (Fsp3) is 0.250. The van der Waals surface area contributed by atoms with Gasteiger partial charge in [-0.05, 0) is 12.1 Å². The molecule has 0 aliphatic heterocycles. The first-order valence-corrected chi connectivity index (χ1v) is 3.05. The minimum Gasteiger partial charge on any atom is -1.00 e. The predicted molar refractivity (Wildman–Crippen MR) is 40.7 cm³/mol. The predicted octanol–water partition coefficient (Wildman–Crippen LogP) is -1.18. The number of hydrogen-bond acceptors (Lipinski definition) is 2. The fourth-order valence-electron chi connectivity index (χ4n) is 0.787. The smallest absolute Gasteiger partial charge is 1.00 e. The van der Waals surface area contributed by atoms with Gasteiger partial charge in [-0.1, -0.05) is 12.1 Å². The number of hydrogen-bond donors (Lipinski definition) is 0. The van der Waals surface area contributed by atoms with Crippen molar-refractivity contribution >= 4 is 0 Å². The summed E-state index contributed by atoms with van der Waals surface area (Å²) in [4.78, 5) is 0. The normalized spacial score (nSPS) is 8.18. The molecule has 0 aliphatic carbocycles. The third-order valence-corrected chi connectivity index (χ3v) is 1.29. The van der Waals surface area contributed by atoms with E-state index >= 15 is 0 Å². The van der Waals surface area contributed by atoms with E-state index in [4.69, 9.17) is 9.47 Å². The van der Waals surface area contributed by atoms with Crippen molar-refractivity contribution in [2.45, 2.75) is 0 Å². The molecular weight excluding hydrogens is 151 g/mol. The van der Waals surface area contributed by atoms with Gasteiger partial charge >= 0.3 is 29.6 Å². The Hall–Kier alpha value is -0.180. The van der Waals surface area contributed by atoms with E-state index < -0.39 is 0 Å². The minimum atomic E-state index is 0. The van der Waals surface area contributed by atoms with Gasteiger partial charge in [0.15, 0.2) is 11.5 Å². The first-order chi connectivity index (χ1) is 4.88. The van der Waals surface area contributed by atoms with E-state index in [1.807, 2.05) is 24.3 Å². The molecule has 1 aromatic carbocycles. The van der Waals surface area contributed by atoms with E-state index in [-0.39, 0.29) is 31.0 Å². The molecule has 0 unspecified atom stereocenters. The summed E-state index contributed by atoms with van der Waals surface area (Å²) in [6, 6.07) is 7.53. The molecule has 2 nitrogen and oxygen atoms in total. The van der Waals surface area contributed by atoms with E-state index in [0.29, 0.717) is 0 Å². The van der Waals surface area contributed by atoms with Gasteiger partial charge in [0.25, 0.3) is 0 Å². The van der Waals surface area contributed by atoms with E-state index in [0.717, 1.165) is 11.5 Å². The van der Waals surface area contributed by atoms with Gasteiger partial charge in [-0.2, -0.15) is 0 Å². The molecule has 0 saturated carbocycles. The summed E-state index contributed by atoms with van der Waals surface area (Å²) in [5, 5.41) is 0. The molecule has 0 aliphatic rings. The average molecular weight is 162 g/mol. The molecule has 1 rings (SSSR count). The number of benzene rings is 1. The first-order valence-electron chi connectivity index (χ1n) is 3.05. The molecule has 0 saturated heterocycles. The maximum Gasteiger partial charge on any atom is 1.00 e. The molecule has 0 spiro atoms. The Morgan fingerprint density at radius 3 is 1.64 bits per heavy atom. The van der Waals surface area contributed by atoms with Crippen molar-refractivity contribution < 1.29 is 40.5 Å². The van der Waals surface area contributed by atoms with Crippen LogP contribution in [0.5, 0.6) is 11.5 Å². The summed E-state index contributed by atoms with van der Waals surface area (Å²) in [6.07, 6.45) is 0. The Labute approximate surface area is 90.3 Å². The van der Waals surface area contributed by atoms with Crippen LogP contribution in [0, 0.1) is 0 Å². The Morgan fingerprint density at radius 2 is 1.36 bits per heavy atom. The third kappa shape index (κ3) is 2.73. The second-order valence-electron chi connectivity index (χ2n) is 1.85. The zero-order chi connectivity index (χ0) is 7.40.